The molecule has 5 rings (SSSR count). The number of carbonyl (C=O) groups is 1. The van der Waals surface area contributed by atoms with Crippen molar-refractivity contribution in [2.24, 2.45) is 17.6 Å². The number of anilines is 1. The Kier molecular flexibility index (Phi) is 7.14. The number of alkyl halides is 2. The number of aromatic nitrogens is 1. The summed E-state index contributed by atoms with van der Waals surface area (Å²) in [6.07, 6.45) is 8.93. The quantitative estimate of drug-likeness (QED) is 0.710. The van der Waals surface area contributed by atoms with Crippen LogP contribution in [0.4, 0.5) is 14.6 Å². The van der Waals surface area contributed by atoms with Crippen LogP contribution in [-0.2, 0) is 11.2 Å². The smallest absolute Gasteiger partial charge is 0.312 e. The minimum Gasteiger partial charge on any atom is -0.489 e. The number of piperazine rings is 1. The molecule has 2 saturated carbocycles. The second-order valence-electron chi connectivity index (χ2n) is 9.48. The van der Waals surface area contributed by atoms with E-state index < -0.39 is 24.2 Å². The Hall–Kier alpha value is -2.00. The SMILES string of the molecule is NC1CCC(CCN2CCN(c3nccc4c3OCC4)CC2)CC1.O=C(O)C1CC1(F)F. The number of hydrogen-bond donors (Lipinski definition) is 2. The van der Waals surface area contributed by atoms with Crippen LogP contribution in [0.3, 0.4) is 0 Å². The van der Waals surface area contributed by atoms with Crippen molar-refractivity contribution in [3.8, 4) is 5.75 Å². The monoisotopic (exact) mass is 452 g/mol. The van der Waals surface area contributed by atoms with Crippen molar-refractivity contribution in [3.63, 3.8) is 0 Å². The number of fused-ring (bicyclic) bond motifs is 1. The van der Waals surface area contributed by atoms with E-state index in [2.05, 4.69) is 20.9 Å². The average Bonchev–Trinajstić information content (AvgIpc) is 3.19. The van der Waals surface area contributed by atoms with Crippen LogP contribution < -0.4 is 15.4 Å². The van der Waals surface area contributed by atoms with Crippen LogP contribution >= 0.6 is 0 Å². The molecule has 1 aromatic rings. The van der Waals surface area contributed by atoms with Gasteiger partial charge in [0.15, 0.2) is 11.6 Å². The summed E-state index contributed by atoms with van der Waals surface area (Å²) in [4.78, 5) is 19.3. The van der Waals surface area contributed by atoms with E-state index in [1.165, 1.54) is 44.2 Å². The van der Waals surface area contributed by atoms with Crippen molar-refractivity contribution in [3.05, 3.63) is 17.8 Å². The molecule has 2 aliphatic carbocycles. The number of pyridine rings is 1. The van der Waals surface area contributed by atoms with Gasteiger partial charge in [-0.1, -0.05) is 0 Å². The minimum absolute atomic E-state index is 0.465. The lowest BCUT2D eigenvalue weighted by Gasteiger charge is -2.36. The Balaban J connectivity index is 0.000000260. The van der Waals surface area contributed by atoms with Crippen LogP contribution in [0.1, 0.15) is 44.1 Å². The topological polar surface area (TPSA) is 91.9 Å². The molecular formula is C23H34F2N4O3. The molecule has 0 radical (unpaired) electrons. The van der Waals surface area contributed by atoms with Gasteiger partial charge in [0.05, 0.1) is 6.61 Å². The van der Waals surface area contributed by atoms with E-state index in [-0.39, 0.29) is 0 Å². The highest BCUT2D eigenvalue weighted by molar-refractivity contribution is 5.74. The highest BCUT2D eigenvalue weighted by Gasteiger charge is 2.61. The van der Waals surface area contributed by atoms with Crippen molar-refractivity contribution in [2.75, 3.05) is 44.2 Å². The molecule has 0 spiro atoms. The van der Waals surface area contributed by atoms with Gasteiger partial charge in [0.25, 0.3) is 5.92 Å². The number of nitrogens with zero attached hydrogens (tertiary/aromatic N) is 3. The molecule has 3 heterocycles. The van der Waals surface area contributed by atoms with Gasteiger partial charge in [-0.05, 0) is 50.6 Å². The maximum absolute atomic E-state index is 11.7. The molecule has 0 bridgehead atoms. The Morgan fingerprint density at radius 3 is 2.50 bits per heavy atom. The number of ether oxygens (including phenoxy) is 1. The fourth-order valence-electron chi connectivity index (χ4n) is 4.82. The molecule has 9 heteroatoms. The fraction of sp³-hybridized carbons (Fsp3) is 0.739. The first kappa shape index (κ1) is 23.2. The molecule has 3 N–H and O–H groups in total. The van der Waals surface area contributed by atoms with Crippen LogP contribution in [-0.4, -0.2) is 72.3 Å². The largest absolute Gasteiger partial charge is 0.489 e. The zero-order chi connectivity index (χ0) is 22.7. The first-order valence-electron chi connectivity index (χ1n) is 11.8. The molecule has 0 amide bonds. The maximum atomic E-state index is 11.7. The highest BCUT2D eigenvalue weighted by atomic mass is 19.3. The summed E-state index contributed by atoms with van der Waals surface area (Å²) in [5, 5.41) is 7.91. The molecule has 0 aromatic carbocycles. The van der Waals surface area contributed by atoms with Crippen LogP contribution in [0.2, 0.25) is 0 Å². The van der Waals surface area contributed by atoms with Crippen molar-refractivity contribution in [1.82, 2.24) is 9.88 Å². The zero-order valence-corrected chi connectivity index (χ0v) is 18.5. The van der Waals surface area contributed by atoms with E-state index in [0.29, 0.717) is 6.04 Å². The summed E-state index contributed by atoms with van der Waals surface area (Å²) in [7, 11) is 0. The Morgan fingerprint density at radius 1 is 1.22 bits per heavy atom. The third-order valence-electron chi connectivity index (χ3n) is 7.13. The van der Waals surface area contributed by atoms with Crippen molar-refractivity contribution >= 4 is 11.8 Å². The van der Waals surface area contributed by atoms with E-state index in [4.69, 9.17) is 15.6 Å². The maximum Gasteiger partial charge on any atom is 0.312 e. The summed E-state index contributed by atoms with van der Waals surface area (Å²) in [6, 6.07) is 2.56. The lowest BCUT2D eigenvalue weighted by molar-refractivity contribution is -0.140. The van der Waals surface area contributed by atoms with Gasteiger partial charge in [-0.25, -0.2) is 13.8 Å². The number of aliphatic carboxylic acids is 1. The lowest BCUT2D eigenvalue weighted by Crippen LogP contribution is -2.47. The van der Waals surface area contributed by atoms with E-state index in [1.807, 2.05) is 6.20 Å². The molecule has 1 saturated heterocycles. The van der Waals surface area contributed by atoms with Crippen molar-refractivity contribution in [1.29, 1.82) is 0 Å². The Bertz CT molecular complexity index is 793. The molecule has 32 heavy (non-hydrogen) atoms. The number of nitrogens with two attached hydrogens (primary N) is 1. The van der Waals surface area contributed by atoms with Crippen molar-refractivity contribution in [2.45, 2.75) is 56.9 Å². The van der Waals surface area contributed by atoms with Gasteiger partial charge in [-0.3, -0.25) is 9.69 Å². The van der Waals surface area contributed by atoms with Crippen LogP contribution in [0, 0.1) is 11.8 Å². The zero-order valence-electron chi connectivity index (χ0n) is 18.5. The first-order valence-corrected chi connectivity index (χ1v) is 11.8. The molecular weight excluding hydrogens is 418 g/mol. The number of hydrogen-bond acceptors (Lipinski definition) is 6. The van der Waals surface area contributed by atoms with Gasteiger partial charge >= 0.3 is 5.97 Å². The second kappa shape index (κ2) is 9.87. The predicted octanol–water partition coefficient (Wildman–Crippen LogP) is 2.77. The molecule has 1 atom stereocenters. The summed E-state index contributed by atoms with van der Waals surface area (Å²) in [5.74, 6) is -2.71. The summed E-state index contributed by atoms with van der Waals surface area (Å²) in [5.41, 5.74) is 7.33. The number of carboxylic acid groups (broad SMARTS) is 1. The van der Waals surface area contributed by atoms with Gasteiger partial charge in [-0.15, -0.1) is 0 Å². The summed E-state index contributed by atoms with van der Waals surface area (Å²) < 4.78 is 29.1. The molecule has 1 unspecified atom stereocenters. The highest BCUT2D eigenvalue weighted by Crippen LogP contribution is 2.48. The molecule has 4 aliphatic rings. The molecule has 178 valence electrons. The van der Waals surface area contributed by atoms with E-state index in [0.717, 1.165) is 56.7 Å². The average molecular weight is 453 g/mol. The molecule has 3 fully saturated rings. The molecule has 1 aromatic heterocycles. The second-order valence-corrected chi connectivity index (χ2v) is 9.48. The normalized spacial score (nSPS) is 28.8. The van der Waals surface area contributed by atoms with Gasteiger partial charge in [0.2, 0.25) is 0 Å². The summed E-state index contributed by atoms with van der Waals surface area (Å²) in [6.45, 7) is 6.43. The van der Waals surface area contributed by atoms with Gasteiger partial charge in [0.1, 0.15) is 5.92 Å². The Labute approximate surface area is 187 Å². The molecule has 2 aliphatic heterocycles. The van der Waals surface area contributed by atoms with Crippen LogP contribution in [0.5, 0.6) is 5.75 Å². The standard InChI is InChI=1S/C19H30N4O.C4H4F2O2/c20-17-3-1-15(2-4-17)6-9-22-10-12-23(13-11-22)19-18-16(5-8-21-19)7-14-24-18;5-4(6)1-2(4)3(7)8/h5,8,15,17H,1-4,6-7,9-14,20H2;2H,1H2,(H,7,8). The fourth-order valence-corrected chi connectivity index (χ4v) is 4.82. The van der Waals surface area contributed by atoms with E-state index in [1.54, 1.807) is 0 Å². The van der Waals surface area contributed by atoms with Gasteiger partial charge in [-0.2, -0.15) is 0 Å². The number of carboxylic acids is 1. The number of halogens is 2. The van der Waals surface area contributed by atoms with Gasteiger partial charge in [0, 0.05) is 56.8 Å². The summed E-state index contributed by atoms with van der Waals surface area (Å²) >= 11 is 0. The van der Waals surface area contributed by atoms with E-state index >= 15 is 0 Å². The molecule has 7 nitrogen and oxygen atoms in total. The third-order valence-corrected chi connectivity index (χ3v) is 7.13. The predicted molar refractivity (Wildman–Crippen MR) is 117 cm³/mol. The minimum atomic E-state index is -2.91. The Morgan fingerprint density at radius 2 is 1.91 bits per heavy atom. The van der Waals surface area contributed by atoms with Crippen LogP contribution in [0.15, 0.2) is 12.3 Å². The van der Waals surface area contributed by atoms with E-state index in [9.17, 15) is 13.6 Å². The number of rotatable bonds is 5. The van der Waals surface area contributed by atoms with Crippen molar-refractivity contribution < 1.29 is 23.4 Å². The van der Waals surface area contributed by atoms with Crippen LogP contribution in [0.25, 0.3) is 0 Å². The van der Waals surface area contributed by atoms with Gasteiger partial charge < -0.3 is 20.5 Å². The third kappa shape index (κ3) is 5.67. The first-order chi connectivity index (χ1) is 15.3. The lowest BCUT2D eigenvalue weighted by atomic mass is 9.84.